The molecule has 0 saturated carbocycles. The van der Waals surface area contributed by atoms with Crippen molar-refractivity contribution in [1.29, 1.82) is 0 Å². The highest BCUT2D eigenvalue weighted by molar-refractivity contribution is 5.75. The third-order valence-electron chi connectivity index (χ3n) is 4.65. The molecule has 8 nitrogen and oxygen atoms in total. The van der Waals surface area contributed by atoms with Crippen LogP contribution in [0.1, 0.15) is 12.5 Å². The van der Waals surface area contributed by atoms with Crippen LogP contribution in [0, 0.1) is 5.82 Å². The first-order valence-corrected chi connectivity index (χ1v) is 9.73. The number of carbonyl (C=O) groups is 1. The summed E-state index contributed by atoms with van der Waals surface area (Å²) in [6.45, 7) is 2.48. The number of ether oxygens (including phenoxy) is 1. The van der Waals surface area contributed by atoms with E-state index in [1.54, 1.807) is 18.2 Å². The molecule has 0 aliphatic carbocycles. The van der Waals surface area contributed by atoms with Gasteiger partial charge in [0.2, 0.25) is 5.91 Å². The second kappa shape index (κ2) is 8.78. The molecule has 0 spiro atoms. The Hall–Kier alpha value is -4.01. The summed E-state index contributed by atoms with van der Waals surface area (Å²) in [5, 5.41) is 11.1. The van der Waals surface area contributed by atoms with E-state index in [9.17, 15) is 14.0 Å². The molecule has 0 saturated heterocycles. The van der Waals surface area contributed by atoms with Gasteiger partial charge in [0, 0.05) is 12.1 Å². The van der Waals surface area contributed by atoms with E-state index in [2.05, 4.69) is 15.5 Å². The Bertz CT molecular complexity index is 1260. The van der Waals surface area contributed by atoms with Crippen LogP contribution in [0.4, 0.5) is 4.39 Å². The highest BCUT2D eigenvalue weighted by Crippen LogP contribution is 2.21. The van der Waals surface area contributed by atoms with Crippen LogP contribution in [0.25, 0.3) is 16.8 Å². The molecule has 0 aliphatic rings. The molecule has 2 aromatic carbocycles. The highest BCUT2D eigenvalue weighted by atomic mass is 19.1. The summed E-state index contributed by atoms with van der Waals surface area (Å²) >= 11 is 0. The van der Waals surface area contributed by atoms with Crippen LogP contribution >= 0.6 is 0 Å². The maximum atomic E-state index is 13.0. The lowest BCUT2D eigenvalue weighted by atomic mass is 10.1. The molecule has 0 unspecified atom stereocenters. The lowest BCUT2D eigenvalue weighted by Gasteiger charge is -2.07. The highest BCUT2D eigenvalue weighted by Gasteiger charge is 2.12. The van der Waals surface area contributed by atoms with Gasteiger partial charge in [0.25, 0.3) is 5.56 Å². The minimum Gasteiger partial charge on any atom is -0.494 e. The molecular formula is C22H20FN5O3. The van der Waals surface area contributed by atoms with Crippen LogP contribution in [0.5, 0.6) is 5.75 Å². The van der Waals surface area contributed by atoms with Crippen LogP contribution < -0.4 is 15.6 Å². The van der Waals surface area contributed by atoms with Crippen molar-refractivity contribution in [2.45, 2.75) is 20.0 Å². The van der Waals surface area contributed by atoms with E-state index in [-0.39, 0.29) is 24.8 Å². The second-order valence-electron chi connectivity index (χ2n) is 6.81. The van der Waals surface area contributed by atoms with Crippen LogP contribution in [0.15, 0.2) is 65.7 Å². The van der Waals surface area contributed by atoms with E-state index in [4.69, 9.17) is 4.74 Å². The van der Waals surface area contributed by atoms with Gasteiger partial charge in [0.15, 0.2) is 0 Å². The van der Waals surface area contributed by atoms with Crippen LogP contribution in [-0.4, -0.2) is 31.9 Å². The third kappa shape index (κ3) is 4.61. The molecule has 1 amide bonds. The number of nitrogens with one attached hydrogen (secondary N) is 1. The first-order valence-electron chi connectivity index (χ1n) is 9.73. The number of carbonyl (C=O) groups excluding carboxylic acids is 1. The number of halogens is 1. The summed E-state index contributed by atoms with van der Waals surface area (Å²) in [6.07, 6.45) is 1.39. The first-order chi connectivity index (χ1) is 15.0. The largest absolute Gasteiger partial charge is 0.494 e. The van der Waals surface area contributed by atoms with Crippen molar-refractivity contribution in [2.24, 2.45) is 0 Å². The zero-order valence-corrected chi connectivity index (χ0v) is 16.8. The number of hydrogen-bond acceptors (Lipinski definition) is 5. The van der Waals surface area contributed by atoms with Crippen LogP contribution in [-0.2, 0) is 17.9 Å². The number of amides is 1. The Morgan fingerprint density at radius 1 is 1.13 bits per heavy atom. The van der Waals surface area contributed by atoms with Crippen LogP contribution in [0.2, 0.25) is 0 Å². The van der Waals surface area contributed by atoms with Crippen molar-refractivity contribution in [3.63, 3.8) is 0 Å². The minimum absolute atomic E-state index is 0.227. The van der Waals surface area contributed by atoms with Gasteiger partial charge in [0.1, 0.15) is 30.0 Å². The molecule has 1 N–H and O–H groups in total. The van der Waals surface area contributed by atoms with Gasteiger partial charge >= 0.3 is 0 Å². The van der Waals surface area contributed by atoms with Gasteiger partial charge in [0.05, 0.1) is 12.3 Å². The number of benzene rings is 2. The SMILES string of the molecule is CCOc1ccc(-c2cc3c(=O)n(CC(=O)NCc4ccc(F)cc4)ncn3n2)cc1. The minimum atomic E-state index is -0.427. The van der Waals surface area contributed by atoms with E-state index in [1.807, 2.05) is 31.2 Å². The maximum absolute atomic E-state index is 13.0. The average molecular weight is 421 g/mol. The summed E-state index contributed by atoms with van der Waals surface area (Å²) in [7, 11) is 0. The Morgan fingerprint density at radius 3 is 2.58 bits per heavy atom. The fraction of sp³-hybridized carbons (Fsp3) is 0.182. The van der Waals surface area contributed by atoms with E-state index in [0.29, 0.717) is 17.8 Å². The smallest absolute Gasteiger partial charge is 0.293 e. The molecule has 0 aliphatic heterocycles. The van der Waals surface area contributed by atoms with Crippen molar-refractivity contribution >= 4 is 11.4 Å². The third-order valence-corrected chi connectivity index (χ3v) is 4.65. The van der Waals surface area contributed by atoms with Crippen molar-refractivity contribution in [1.82, 2.24) is 24.7 Å². The lowest BCUT2D eigenvalue weighted by molar-refractivity contribution is -0.122. The standard InChI is InChI=1S/C22H20FN5O3/c1-2-31-18-9-5-16(6-10-18)19-11-20-22(30)27(25-14-28(20)26-19)13-21(29)24-12-15-3-7-17(23)8-4-15/h3-11,14H,2,12-13H2,1H3,(H,24,29). The van der Waals surface area contributed by atoms with Gasteiger partial charge in [-0.15, -0.1) is 0 Å². The Kier molecular flexibility index (Phi) is 5.74. The quantitative estimate of drug-likeness (QED) is 0.495. The van der Waals surface area contributed by atoms with E-state index in [0.717, 1.165) is 21.6 Å². The zero-order chi connectivity index (χ0) is 21.8. The number of rotatable bonds is 7. The van der Waals surface area contributed by atoms with Crippen molar-refractivity contribution in [3.8, 4) is 17.0 Å². The van der Waals surface area contributed by atoms with Crippen molar-refractivity contribution in [3.05, 3.63) is 82.7 Å². The molecule has 4 aromatic rings. The number of aromatic nitrogens is 4. The van der Waals surface area contributed by atoms with Crippen molar-refractivity contribution < 1.29 is 13.9 Å². The van der Waals surface area contributed by atoms with E-state index < -0.39 is 5.56 Å². The molecule has 2 aromatic heterocycles. The second-order valence-corrected chi connectivity index (χ2v) is 6.81. The monoisotopic (exact) mass is 421 g/mol. The molecule has 4 rings (SSSR count). The fourth-order valence-electron chi connectivity index (χ4n) is 3.08. The van der Waals surface area contributed by atoms with Crippen LogP contribution in [0.3, 0.4) is 0 Å². The zero-order valence-electron chi connectivity index (χ0n) is 16.8. The molecular weight excluding hydrogens is 401 g/mol. The molecule has 31 heavy (non-hydrogen) atoms. The lowest BCUT2D eigenvalue weighted by Crippen LogP contribution is -2.34. The van der Waals surface area contributed by atoms with E-state index in [1.165, 1.54) is 23.0 Å². The maximum Gasteiger partial charge on any atom is 0.293 e. The predicted octanol–water partition coefficient (Wildman–Crippen LogP) is 2.41. The van der Waals surface area contributed by atoms with Crippen molar-refractivity contribution in [2.75, 3.05) is 6.61 Å². The number of hydrogen-bond donors (Lipinski definition) is 1. The molecule has 0 fully saturated rings. The Labute approximate surface area is 176 Å². The van der Waals surface area contributed by atoms with Gasteiger partial charge in [-0.1, -0.05) is 12.1 Å². The molecule has 0 radical (unpaired) electrons. The summed E-state index contributed by atoms with van der Waals surface area (Å²) in [5.74, 6) is 0.0322. The molecule has 9 heteroatoms. The molecule has 0 atom stereocenters. The normalized spacial score (nSPS) is 10.9. The molecule has 158 valence electrons. The van der Waals surface area contributed by atoms with Gasteiger partial charge in [-0.3, -0.25) is 9.59 Å². The average Bonchev–Trinajstić information content (AvgIpc) is 3.21. The summed E-state index contributed by atoms with van der Waals surface area (Å²) in [5.41, 5.74) is 2.08. The summed E-state index contributed by atoms with van der Waals surface area (Å²) in [6, 6.07) is 14.9. The summed E-state index contributed by atoms with van der Waals surface area (Å²) in [4.78, 5) is 25.0. The Balaban J connectivity index is 1.49. The van der Waals surface area contributed by atoms with E-state index >= 15 is 0 Å². The first kappa shape index (κ1) is 20.3. The molecule has 0 bridgehead atoms. The fourth-order valence-corrected chi connectivity index (χ4v) is 3.08. The topological polar surface area (TPSA) is 90.5 Å². The van der Waals surface area contributed by atoms with Gasteiger partial charge < -0.3 is 10.1 Å². The number of fused-ring (bicyclic) bond motifs is 1. The predicted molar refractivity (Wildman–Crippen MR) is 112 cm³/mol. The van der Waals surface area contributed by atoms with Gasteiger partial charge in [-0.25, -0.2) is 13.6 Å². The summed E-state index contributed by atoms with van der Waals surface area (Å²) < 4.78 is 20.9. The number of nitrogens with zero attached hydrogens (tertiary/aromatic N) is 4. The Morgan fingerprint density at radius 2 is 1.87 bits per heavy atom. The van der Waals surface area contributed by atoms with Gasteiger partial charge in [-0.2, -0.15) is 10.2 Å². The molecule has 2 heterocycles. The van der Waals surface area contributed by atoms with Gasteiger partial charge in [-0.05, 0) is 55.0 Å².